The van der Waals surface area contributed by atoms with Crippen LogP contribution in [0, 0.1) is 23.5 Å². The van der Waals surface area contributed by atoms with E-state index in [9.17, 15) is 13.6 Å². The van der Waals surface area contributed by atoms with Crippen molar-refractivity contribution in [3.63, 3.8) is 0 Å². The number of ether oxygens (including phenoxy) is 1. The number of piperidine rings is 1. The summed E-state index contributed by atoms with van der Waals surface area (Å²) in [7, 11) is 0. The lowest BCUT2D eigenvalue weighted by Crippen LogP contribution is -2.30. The predicted molar refractivity (Wildman–Crippen MR) is 91.2 cm³/mol. The molecule has 1 saturated carbocycles. The molecule has 2 aromatic rings. The summed E-state index contributed by atoms with van der Waals surface area (Å²) < 4.78 is 36.2. The second kappa shape index (κ2) is 5.88. The van der Waals surface area contributed by atoms with Gasteiger partial charge in [0.1, 0.15) is 11.8 Å². The van der Waals surface area contributed by atoms with E-state index in [1.165, 1.54) is 27.9 Å². The smallest absolute Gasteiger partial charge is 0.414 e. The molecule has 1 aliphatic carbocycles. The summed E-state index contributed by atoms with van der Waals surface area (Å²) in [6.07, 6.45) is 2.06. The number of fused-ring (bicyclic) bond motifs is 1. The first kappa shape index (κ1) is 16.4. The van der Waals surface area contributed by atoms with Crippen LogP contribution in [0.15, 0.2) is 24.5 Å². The topological polar surface area (TPSA) is 89.5 Å². The molecule has 1 aromatic carbocycles. The van der Waals surface area contributed by atoms with Gasteiger partial charge in [-0.05, 0) is 11.8 Å². The molecular formula is C17H18F2N6O2. The highest BCUT2D eigenvalue weighted by Gasteiger charge is 2.54. The van der Waals surface area contributed by atoms with Gasteiger partial charge in [0.25, 0.3) is 0 Å². The quantitative estimate of drug-likeness (QED) is 0.856. The number of anilines is 2. The Morgan fingerprint density at radius 2 is 1.89 bits per heavy atom. The predicted octanol–water partition coefficient (Wildman–Crippen LogP) is 0.975. The lowest BCUT2D eigenvalue weighted by molar-refractivity contribution is 0.129. The van der Waals surface area contributed by atoms with E-state index < -0.39 is 23.8 Å². The molecule has 3 heterocycles. The maximum Gasteiger partial charge on any atom is 0.414 e. The number of cyclic esters (lactones) is 1. The molecule has 2 saturated heterocycles. The molecule has 5 rings (SSSR count). The normalized spacial score (nSPS) is 29.2. The van der Waals surface area contributed by atoms with Gasteiger partial charge in [0.15, 0.2) is 11.6 Å². The van der Waals surface area contributed by atoms with E-state index in [0.717, 1.165) is 0 Å². The number of hydrogen-bond donors (Lipinski definition) is 1. The van der Waals surface area contributed by atoms with Crippen molar-refractivity contribution in [3.8, 4) is 0 Å². The van der Waals surface area contributed by atoms with Crippen molar-refractivity contribution in [1.82, 2.24) is 15.0 Å². The second-order valence-electron chi connectivity index (χ2n) is 7.31. The van der Waals surface area contributed by atoms with Crippen molar-refractivity contribution in [3.05, 3.63) is 36.2 Å². The molecule has 3 atom stereocenters. The number of amides is 1. The van der Waals surface area contributed by atoms with Gasteiger partial charge < -0.3 is 15.4 Å². The Balaban J connectivity index is 1.34. The molecule has 27 heavy (non-hydrogen) atoms. The van der Waals surface area contributed by atoms with Gasteiger partial charge in [0.2, 0.25) is 0 Å². The van der Waals surface area contributed by atoms with Crippen LogP contribution in [0.1, 0.15) is 0 Å². The van der Waals surface area contributed by atoms with E-state index in [1.807, 2.05) is 0 Å². The number of rotatable bonds is 4. The fourth-order valence-corrected chi connectivity index (χ4v) is 4.13. The van der Waals surface area contributed by atoms with Crippen molar-refractivity contribution in [2.75, 3.05) is 29.4 Å². The molecule has 2 aliphatic heterocycles. The van der Waals surface area contributed by atoms with Crippen LogP contribution in [-0.4, -0.2) is 52.9 Å². The van der Waals surface area contributed by atoms with Crippen LogP contribution in [-0.2, 0) is 11.3 Å². The Hall–Kier alpha value is -2.75. The first-order chi connectivity index (χ1) is 13.0. The first-order valence-electron chi connectivity index (χ1n) is 8.83. The standard InChI is InChI=1S/C17H18F2N6O2/c18-13-3-9(4-14(19)16(13)23-7-11-12(8-23)15(11)20)25-6-10(27-17(25)26)5-24-2-1-21-22-24/h1-4,10-12,15H,5-8,20H2/t10-,11?,12?,15?/m0/s1. The van der Waals surface area contributed by atoms with Crippen LogP contribution in [0.4, 0.5) is 25.0 Å². The minimum absolute atomic E-state index is 0.0510. The van der Waals surface area contributed by atoms with E-state index in [2.05, 4.69) is 10.3 Å². The molecular weight excluding hydrogens is 358 g/mol. The monoisotopic (exact) mass is 376 g/mol. The summed E-state index contributed by atoms with van der Waals surface area (Å²) >= 11 is 0. The van der Waals surface area contributed by atoms with Gasteiger partial charge in [0, 0.05) is 37.5 Å². The summed E-state index contributed by atoms with van der Waals surface area (Å²) in [5, 5.41) is 7.52. The van der Waals surface area contributed by atoms with E-state index in [1.54, 1.807) is 11.1 Å². The number of nitrogens with two attached hydrogens (primary N) is 1. The number of carbonyl (C=O) groups is 1. The average molecular weight is 376 g/mol. The lowest BCUT2D eigenvalue weighted by Gasteiger charge is -2.24. The lowest BCUT2D eigenvalue weighted by atomic mass is 10.2. The maximum atomic E-state index is 14.7. The Kier molecular flexibility index (Phi) is 3.58. The summed E-state index contributed by atoms with van der Waals surface area (Å²) in [4.78, 5) is 15.1. The summed E-state index contributed by atoms with van der Waals surface area (Å²) in [6, 6.07) is 2.51. The largest absolute Gasteiger partial charge is 0.442 e. The first-order valence-corrected chi connectivity index (χ1v) is 8.83. The van der Waals surface area contributed by atoms with E-state index in [-0.39, 0.29) is 24.0 Å². The summed E-state index contributed by atoms with van der Waals surface area (Å²) in [5.74, 6) is -0.746. The third-order valence-corrected chi connectivity index (χ3v) is 5.63. The number of nitrogens with zero attached hydrogens (tertiary/aromatic N) is 5. The van der Waals surface area contributed by atoms with E-state index in [0.29, 0.717) is 31.5 Å². The van der Waals surface area contributed by atoms with Gasteiger partial charge in [-0.3, -0.25) is 4.90 Å². The molecule has 8 nitrogen and oxygen atoms in total. The Morgan fingerprint density at radius 1 is 1.19 bits per heavy atom. The Labute approximate surface area is 153 Å². The van der Waals surface area contributed by atoms with Gasteiger partial charge in [-0.15, -0.1) is 5.10 Å². The zero-order valence-corrected chi connectivity index (χ0v) is 14.3. The molecule has 1 aromatic heterocycles. The molecule has 10 heteroatoms. The summed E-state index contributed by atoms with van der Waals surface area (Å²) in [6.45, 7) is 1.62. The fourth-order valence-electron chi connectivity index (χ4n) is 4.13. The highest BCUT2D eigenvalue weighted by atomic mass is 19.1. The summed E-state index contributed by atoms with van der Waals surface area (Å²) in [5.41, 5.74) is 5.98. The van der Waals surface area contributed by atoms with E-state index >= 15 is 0 Å². The molecule has 142 valence electrons. The highest BCUT2D eigenvalue weighted by molar-refractivity contribution is 5.90. The molecule has 2 unspecified atom stereocenters. The van der Waals surface area contributed by atoms with Crippen molar-refractivity contribution in [2.45, 2.75) is 18.7 Å². The number of carbonyl (C=O) groups excluding carboxylic acids is 1. The van der Waals surface area contributed by atoms with Gasteiger partial charge >= 0.3 is 6.09 Å². The van der Waals surface area contributed by atoms with Crippen LogP contribution in [0.5, 0.6) is 0 Å². The van der Waals surface area contributed by atoms with Gasteiger partial charge in [-0.25, -0.2) is 18.3 Å². The van der Waals surface area contributed by atoms with Crippen LogP contribution < -0.4 is 15.5 Å². The second-order valence-corrected chi connectivity index (χ2v) is 7.31. The van der Waals surface area contributed by atoms with Gasteiger partial charge in [0.05, 0.1) is 25.0 Å². The molecule has 3 aliphatic rings. The number of hydrogen-bond acceptors (Lipinski definition) is 6. The zero-order chi connectivity index (χ0) is 18.7. The Morgan fingerprint density at radius 3 is 2.52 bits per heavy atom. The number of halogens is 2. The van der Waals surface area contributed by atoms with Crippen molar-refractivity contribution >= 4 is 17.5 Å². The third-order valence-electron chi connectivity index (χ3n) is 5.63. The zero-order valence-electron chi connectivity index (χ0n) is 14.3. The third kappa shape index (κ3) is 2.71. The molecule has 0 radical (unpaired) electrons. The number of aromatic nitrogens is 3. The van der Waals surface area contributed by atoms with Crippen LogP contribution >= 0.6 is 0 Å². The van der Waals surface area contributed by atoms with Crippen LogP contribution in [0.2, 0.25) is 0 Å². The molecule has 1 amide bonds. The maximum absolute atomic E-state index is 14.7. The SMILES string of the molecule is NC1C2CN(c3c(F)cc(N4C[C@H](Cn5ccnn5)OC4=O)cc3F)CC12. The molecule has 0 spiro atoms. The number of benzene rings is 1. The van der Waals surface area contributed by atoms with Crippen molar-refractivity contribution in [2.24, 2.45) is 17.6 Å². The minimum Gasteiger partial charge on any atom is -0.442 e. The minimum atomic E-state index is -0.688. The molecule has 3 fully saturated rings. The Bertz CT molecular complexity index is 857. The molecule has 0 bridgehead atoms. The molecule has 2 N–H and O–H groups in total. The van der Waals surface area contributed by atoms with Crippen molar-refractivity contribution < 1.29 is 18.3 Å². The van der Waals surface area contributed by atoms with Gasteiger partial charge in [-0.2, -0.15) is 0 Å². The van der Waals surface area contributed by atoms with Gasteiger partial charge in [-0.1, -0.05) is 5.21 Å². The highest BCUT2D eigenvalue weighted by Crippen LogP contribution is 2.46. The van der Waals surface area contributed by atoms with Crippen LogP contribution in [0.25, 0.3) is 0 Å². The van der Waals surface area contributed by atoms with E-state index in [4.69, 9.17) is 10.5 Å². The fraction of sp³-hybridized carbons (Fsp3) is 0.471. The van der Waals surface area contributed by atoms with Crippen molar-refractivity contribution in [1.29, 1.82) is 0 Å². The van der Waals surface area contributed by atoms with Crippen LogP contribution in [0.3, 0.4) is 0 Å². The average Bonchev–Trinajstić information content (AvgIpc) is 3.12.